The molecule has 2 aliphatic rings. The molecule has 0 saturated carbocycles. The summed E-state index contributed by atoms with van der Waals surface area (Å²) < 4.78 is 11.0. The molecule has 0 radical (unpaired) electrons. The Kier molecular flexibility index (Phi) is 4.97. The van der Waals surface area contributed by atoms with Crippen molar-refractivity contribution >= 4 is 5.91 Å². The first kappa shape index (κ1) is 13.8. The van der Waals surface area contributed by atoms with Gasteiger partial charge in [0.05, 0.1) is 32.0 Å². The van der Waals surface area contributed by atoms with E-state index in [0.29, 0.717) is 32.4 Å². The fraction of sp³-hybridized carbons (Fsp3) is 0.923. The lowest BCUT2D eigenvalue weighted by Gasteiger charge is -2.36. The number of hydrogen-bond acceptors (Lipinski definition) is 4. The van der Waals surface area contributed by atoms with Crippen LogP contribution in [0, 0.1) is 0 Å². The molecule has 2 atom stereocenters. The van der Waals surface area contributed by atoms with Crippen LogP contribution >= 0.6 is 0 Å². The van der Waals surface area contributed by atoms with E-state index in [-0.39, 0.29) is 18.1 Å². The van der Waals surface area contributed by atoms with Crippen LogP contribution in [-0.2, 0) is 14.3 Å². The van der Waals surface area contributed by atoms with Crippen LogP contribution in [0.1, 0.15) is 26.7 Å². The maximum atomic E-state index is 12.3. The van der Waals surface area contributed by atoms with E-state index in [1.54, 1.807) is 0 Å². The van der Waals surface area contributed by atoms with Crippen LogP contribution in [-0.4, -0.2) is 61.9 Å². The Bertz CT molecular complexity index is 277. The summed E-state index contributed by atoms with van der Waals surface area (Å²) in [4.78, 5) is 14.2. The summed E-state index contributed by atoms with van der Waals surface area (Å²) in [5, 5.41) is 3.34. The second kappa shape index (κ2) is 6.50. The van der Waals surface area contributed by atoms with E-state index in [9.17, 15) is 4.79 Å². The summed E-state index contributed by atoms with van der Waals surface area (Å²) >= 11 is 0. The quantitative estimate of drug-likeness (QED) is 0.790. The highest BCUT2D eigenvalue weighted by molar-refractivity contribution is 5.82. The van der Waals surface area contributed by atoms with E-state index >= 15 is 0 Å². The first-order valence-corrected chi connectivity index (χ1v) is 6.91. The van der Waals surface area contributed by atoms with Gasteiger partial charge in [0.2, 0.25) is 5.91 Å². The maximum Gasteiger partial charge on any atom is 0.239 e. The number of ether oxygens (including phenoxy) is 2. The van der Waals surface area contributed by atoms with Gasteiger partial charge in [0.15, 0.2) is 0 Å². The molecular weight excluding hydrogens is 232 g/mol. The molecule has 0 aromatic rings. The first-order valence-electron chi connectivity index (χ1n) is 6.91. The van der Waals surface area contributed by atoms with Crippen molar-refractivity contribution in [3.63, 3.8) is 0 Å². The van der Waals surface area contributed by atoms with Crippen LogP contribution in [0.25, 0.3) is 0 Å². The van der Waals surface area contributed by atoms with Crippen LogP contribution in [0.4, 0.5) is 0 Å². The highest BCUT2D eigenvalue weighted by atomic mass is 16.6. The molecule has 2 heterocycles. The fourth-order valence-corrected chi connectivity index (χ4v) is 2.57. The Morgan fingerprint density at radius 1 is 1.44 bits per heavy atom. The SMILES string of the molecule is CC(C)NC1CCCN(CC2COCCO2)C1=O. The second-order valence-electron chi connectivity index (χ2n) is 5.37. The second-order valence-corrected chi connectivity index (χ2v) is 5.37. The van der Waals surface area contributed by atoms with Crippen molar-refractivity contribution in [3.05, 3.63) is 0 Å². The van der Waals surface area contributed by atoms with Crippen LogP contribution in [0.2, 0.25) is 0 Å². The van der Waals surface area contributed by atoms with E-state index in [4.69, 9.17) is 9.47 Å². The van der Waals surface area contributed by atoms with Gasteiger partial charge in [-0.2, -0.15) is 0 Å². The standard InChI is InChI=1S/C13H24N2O3/c1-10(2)14-12-4-3-5-15(13(12)16)8-11-9-17-6-7-18-11/h10-12,14H,3-9H2,1-2H3. The summed E-state index contributed by atoms with van der Waals surface area (Å²) in [6.07, 6.45) is 2.04. The molecule has 1 N–H and O–H groups in total. The number of nitrogens with zero attached hydrogens (tertiary/aromatic N) is 1. The van der Waals surface area contributed by atoms with Crippen molar-refractivity contribution in [1.29, 1.82) is 0 Å². The zero-order valence-corrected chi connectivity index (χ0v) is 11.4. The summed E-state index contributed by atoms with van der Waals surface area (Å²) in [5.41, 5.74) is 0. The Morgan fingerprint density at radius 3 is 2.94 bits per heavy atom. The molecule has 0 aromatic heterocycles. The Labute approximate surface area is 109 Å². The minimum Gasteiger partial charge on any atom is -0.376 e. The van der Waals surface area contributed by atoms with Gasteiger partial charge in [0.25, 0.3) is 0 Å². The molecule has 2 saturated heterocycles. The Morgan fingerprint density at radius 2 is 2.28 bits per heavy atom. The molecule has 0 aliphatic carbocycles. The van der Waals surface area contributed by atoms with Gasteiger partial charge < -0.3 is 19.7 Å². The van der Waals surface area contributed by atoms with Gasteiger partial charge in [-0.05, 0) is 12.8 Å². The van der Waals surface area contributed by atoms with Crippen molar-refractivity contribution in [2.45, 2.75) is 44.9 Å². The third kappa shape index (κ3) is 3.67. The molecular formula is C13H24N2O3. The van der Waals surface area contributed by atoms with Crippen LogP contribution in [0.15, 0.2) is 0 Å². The highest BCUT2D eigenvalue weighted by Crippen LogP contribution is 2.14. The third-order valence-corrected chi connectivity index (χ3v) is 3.37. The molecule has 104 valence electrons. The molecule has 18 heavy (non-hydrogen) atoms. The van der Waals surface area contributed by atoms with Gasteiger partial charge in [-0.25, -0.2) is 0 Å². The third-order valence-electron chi connectivity index (χ3n) is 3.37. The molecule has 5 nitrogen and oxygen atoms in total. The molecule has 5 heteroatoms. The van der Waals surface area contributed by atoms with Crippen molar-refractivity contribution in [2.24, 2.45) is 0 Å². The minimum absolute atomic E-state index is 0.0248. The van der Waals surface area contributed by atoms with Crippen molar-refractivity contribution < 1.29 is 14.3 Å². The fourth-order valence-electron chi connectivity index (χ4n) is 2.57. The summed E-state index contributed by atoms with van der Waals surface area (Å²) in [6.45, 7) is 7.56. The highest BCUT2D eigenvalue weighted by Gasteiger charge is 2.31. The van der Waals surface area contributed by atoms with Gasteiger partial charge in [0.1, 0.15) is 0 Å². The van der Waals surface area contributed by atoms with Crippen LogP contribution in [0.5, 0.6) is 0 Å². The molecule has 0 spiro atoms. The number of rotatable bonds is 4. The molecule has 2 rings (SSSR count). The number of amides is 1. The monoisotopic (exact) mass is 256 g/mol. The smallest absolute Gasteiger partial charge is 0.239 e. The normalized spacial score (nSPS) is 29.9. The van der Waals surface area contributed by atoms with E-state index in [2.05, 4.69) is 19.2 Å². The van der Waals surface area contributed by atoms with E-state index in [1.165, 1.54) is 0 Å². The van der Waals surface area contributed by atoms with Gasteiger partial charge in [-0.15, -0.1) is 0 Å². The predicted molar refractivity (Wildman–Crippen MR) is 68.4 cm³/mol. The summed E-state index contributed by atoms with van der Waals surface area (Å²) in [5.74, 6) is 0.212. The zero-order chi connectivity index (χ0) is 13.0. The molecule has 1 amide bonds. The van der Waals surface area contributed by atoms with Gasteiger partial charge in [-0.3, -0.25) is 4.79 Å². The number of carbonyl (C=O) groups excluding carboxylic acids is 1. The summed E-state index contributed by atoms with van der Waals surface area (Å²) in [6, 6.07) is 0.316. The average Bonchev–Trinajstić information content (AvgIpc) is 2.35. The molecule has 2 unspecified atom stereocenters. The van der Waals surface area contributed by atoms with E-state index in [1.807, 2.05) is 4.90 Å². The lowest BCUT2D eigenvalue weighted by molar-refractivity contribution is -0.143. The minimum atomic E-state index is -0.0248. The van der Waals surface area contributed by atoms with Crippen molar-refractivity contribution in [2.75, 3.05) is 32.9 Å². The first-order chi connectivity index (χ1) is 8.66. The Hall–Kier alpha value is -0.650. The predicted octanol–water partition coefficient (Wildman–Crippen LogP) is 0.391. The van der Waals surface area contributed by atoms with Crippen LogP contribution in [0.3, 0.4) is 0 Å². The van der Waals surface area contributed by atoms with E-state index in [0.717, 1.165) is 19.4 Å². The average molecular weight is 256 g/mol. The Balaban J connectivity index is 1.85. The molecule has 2 fully saturated rings. The number of likely N-dealkylation sites (tertiary alicyclic amines) is 1. The topological polar surface area (TPSA) is 50.8 Å². The largest absolute Gasteiger partial charge is 0.376 e. The van der Waals surface area contributed by atoms with Crippen molar-refractivity contribution in [3.8, 4) is 0 Å². The van der Waals surface area contributed by atoms with E-state index < -0.39 is 0 Å². The lowest BCUT2D eigenvalue weighted by Crippen LogP contribution is -2.54. The lowest BCUT2D eigenvalue weighted by atomic mass is 10.0. The molecule has 0 aromatic carbocycles. The van der Waals surface area contributed by atoms with Gasteiger partial charge in [0, 0.05) is 19.1 Å². The van der Waals surface area contributed by atoms with Crippen molar-refractivity contribution in [1.82, 2.24) is 10.2 Å². The van der Waals surface area contributed by atoms with Crippen LogP contribution < -0.4 is 5.32 Å². The zero-order valence-electron chi connectivity index (χ0n) is 11.4. The maximum absolute atomic E-state index is 12.3. The number of nitrogens with one attached hydrogen (secondary N) is 1. The number of carbonyl (C=O) groups is 1. The summed E-state index contributed by atoms with van der Waals surface area (Å²) in [7, 11) is 0. The van der Waals surface area contributed by atoms with Gasteiger partial charge >= 0.3 is 0 Å². The van der Waals surface area contributed by atoms with Gasteiger partial charge in [-0.1, -0.05) is 13.8 Å². The molecule has 0 bridgehead atoms. The number of piperidine rings is 1. The molecule has 2 aliphatic heterocycles. The number of hydrogen-bond donors (Lipinski definition) is 1.